The Labute approximate surface area is 129 Å². The molecule has 0 spiro atoms. The van der Waals surface area contributed by atoms with Crippen LogP contribution in [0.15, 0.2) is 23.6 Å². The first-order valence-corrected chi connectivity index (χ1v) is 8.04. The van der Waals surface area contributed by atoms with Gasteiger partial charge >= 0.3 is 0 Å². The van der Waals surface area contributed by atoms with E-state index in [4.69, 9.17) is 0 Å². The van der Waals surface area contributed by atoms with E-state index in [2.05, 4.69) is 20.6 Å². The van der Waals surface area contributed by atoms with Crippen LogP contribution in [0.4, 0.5) is 10.1 Å². The smallest absolute Gasteiger partial charge is 0.130 e. The van der Waals surface area contributed by atoms with E-state index in [9.17, 15) is 4.39 Å². The summed E-state index contributed by atoms with van der Waals surface area (Å²) in [6.07, 6.45) is 0. The lowest BCUT2D eigenvalue weighted by Crippen LogP contribution is -2.24. The van der Waals surface area contributed by atoms with Crippen LogP contribution in [0.3, 0.4) is 0 Å². The maximum atomic E-state index is 14.2. The molecule has 0 radical (unpaired) electrons. The van der Waals surface area contributed by atoms with Gasteiger partial charge in [-0.05, 0) is 32.5 Å². The third-order valence-electron chi connectivity index (χ3n) is 3.45. The molecule has 1 N–H and O–H groups in total. The van der Waals surface area contributed by atoms with Crippen molar-refractivity contribution in [3.05, 3.63) is 45.7 Å². The molecule has 2 aromatic rings. The van der Waals surface area contributed by atoms with E-state index in [0.717, 1.165) is 22.9 Å². The Kier molecular flexibility index (Phi) is 5.31. The number of halogens is 1. The largest absolute Gasteiger partial charge is 0.368 e. The van der Waals surface area contributed by atoms with Crippen molar-refractivity contribution in [2.75, 3.05) is 18.5 Å². The lowest BCUT2D eigenvalue weighted by atomic mass is 10.0. The molecule has 0 fully saturated rings. The molecule has 1 aromatic carbocycles. The summed E-state index contributed by atoms with van der Waals surface area (Å²) >= 11 is 1.64. The Bertz CT molecular complexity index is 597. The van der Waals surface area contributed by atoms with Crippen molar-refractivity contribution >= 4 is 17.0 Å². The summed E-state index contributed by atoms with van der Waals surface area (Å²) in [6, 6.07) is 5.22. The van der Waals surface area contributed by atoms with Gasteiger partial charge in [-0.15, -0.1) is 11.3 Å². The fourth-order valence-corrected chi connectivity index (χ4v) is 3.11. The first kappa shape index (κ1) is 15.9. The van der Waals surface area contributed by atoms with Crippen molar-refractivity contribution in [3.63, 3.8) is 0 Å². The zero-order valence-electron chi connectivity index (χ0n) is 13.0. The average Bonchev–Trinajstić information content (AvgIpc) is 2.83. The van der Waals surface area contributed by atoms with Crippen molar-refractivity contribution in [1.29, 1.82) is 0 Å². The van der Waals surface area contributed by atoms with Gasteiger partial charge in [0, 0.05) is 29.7 Å². The van der Waals surface area contributed by atoms with Gasteiger partial charge in [-0.1, -0.05) is 13.0 Å². The Morgan fingerprint density at radius 3 is 2.81 bits per heavy atom. The molecular weight excluding hydrogens is 285 g/mol. The van der Waals surface area contributed by atoms with E-state index in [0.29, 0.717) is 12.1 Å². The third kappa shape index (κ3) is 3.80. The molecule has 0 aliphatic heterocycles. The molecule has 1 atom stereocenters. The molecule has 3 nitrogen and oxygen atoms in total. The maximum Gasteiger partial charge on any atom is 0.130 e. The molecule has 114 valence electrons. The minimum absolute atomic E-state index is 0.0224. The van der Waals surface area contributed by atoms with Gasteiger partial charge in [0.1, 0.15) is 5.82 Å². The predicted molar refractivity (Wildman–Crippen MR) is 87.4 cm³/mol. The van der Waals surface area contributed by atoms with Gasteiger partial charge in [-0.25, -0.2) is 9.37 Å². The van der Waals surface area contributed by atoms with Crippen LogP contribution >= 0.6 is 11.3 Å². The highest BCUT2D eigenvalue weighted by molar-refractivity contribution is 7.09. The van der Waals surface area contributed by atoms with Gasteiger partial charge in [0.2, 0.25) is 0 Å². The Morgan fingerprint density at radius 2 is 2.19 bits per heavy atom. The Hall–Kier alpha value is -1.46. The number of rotatable bonds is 6. The zero-order valence-corrected chi connectivity index (χ0v) is 13.8. The molecule has 5 heteroatoms. The number of anilines is 1. The lowest BCUT2D eigenvalue weighted by molar-refractivity contribution is 0.540. The summed E-state index contributed by atoms with van der Waals surface area (Å²) in [5.74, 6) is -0.165. The number of aromatic nitrogens is 1. The van der Waals surface area contributed by atoms with Gasteiger partial charge in [0.25, 0.3) is 0 Å². The highest BCUT2D eigenvalue weighted by Gasteiger charge is 2.18. The van der Waals surface area contributed by atoms with Crippen molar-refractivity contribution in [3.8, 4) is 0 Å². The van der Waals surface area contributed by atoms with E-state index < -0.39 is 0 Å². The van der Waals surface area contributed by atoms with Crippen LogP contribution in [0.2, 0.25) is 0 Å². The van der Waals surface area contributed by atoms with E-state index in [1.165, 1.54) is 6.07 Å². The normalized spacial score (nSPS) is 12.4. The summed E-state index contributed by atoms with van der Waals surface area (Å²) in [4.78, 5) is 6.53. The van der Waals surface area contributed by atoms with E-state index in [1.807, 2.05) is 33.9 Å². The monoisotopic (exact) mass is 307 g/mol. The van der Waals surface area contributed by atoms with Crippen LogP contribution < -0.4 is 10.2 Å². The van der Waals surface area contributed by atoms with E-state index in [1.54, 1.807) is 17.4 Å². The number of thiazole rings is 1. The van der Waals surface area contributed by atoms with Crippen molar-refractivity contribution < 1.29 is 4.39 Å². The molecule has 1 aromatic heterocycles. The molecule has 1 heterocycles. The van der Waals surface area contributed by atoms with Gasteiger partial charge in [0.15, 0.2) is 0 Å². The van der Waals surface area contributed by atoms with Gasteiger partial charge in [-0.3, -0.25) is 0 Å². The number of aryl methyl sites for hydroxylation is 1. The maximum absolute atomic E-state index is 14.2. The quantitative estimate of drug-likeness (QED) is 0.877. The van der Waals surface area contributed by atoms with Crippen molar-refractivity contribution in [1.82, 2.24) is 10.3 Å². The molecule has 0 saturated heterocycles. The summed E-state index contributed by atoms with van der Waals surface area (Å²) in [7, 11) is 1.98. The first-order chi connectivity index (χ1) is 10.0. The SMILES string of the molecule is CCNC(C)c1c(F)cccc1N(C)Cc1csc(C)n1. The second kappa shape index (κ2) is 7.00. The number of hydrogen-bond donors (Lipinski definition) is 1. The highest BCUT2D eigenvalue weighted by Crippen LogP contribution is 2.29. The summed E-state index contributed by atoms with van der Waals surface area (Å²) in [5.41, 5.74) is 2.65. The molecule has 0 aliphatic rings. The average molecular weight is 307 g/mol. The molecule has 2 rings (SSSR count). The minimum atomic E-state index is -0.165. The summed E-state index contributed by atoms with van der Waals surface area (Å²) in [6.45, 7) is 7.50. The molecule has 0 amide bonds. The number of hydrogen-bond acceptors (Lipinski definition) is 4. The second-order valence-electron chi connectivity index (χ2n) is 5.17. The second-order valence-corrected chi connectivity index (χ2v) is 6.23. The Morgan fingerprint density at radius 1 is 1.43 bits per heavy atom. The third-order valence-corrected chi connectivity index (χ3v) is 4.27. The first-order valence-electron chi connectivity index (χ1n) is 7.16. The van der Waals surface area contributed by atoms with E-state index in [-0.39, 0.29) is 11.9 Å². The Balaban J connectivity index is 2.27. The van der Waals surface area contributed by atoms with Gasteiger partial charge in [0.05, 0.1) is 17.2 Å². The number of nitrogens with zero attached hydrogens (tertiary/aromatic N) is 2. The number of nitrogens with one attached hydrogen (secondary N) is 1. The van der Waals surface area contributed by atoms with Crippen LogP contribution in [0.1, 0.15) is 36.2 Å². The molecular formula is C16H22FN3S. The van der Waals surface area contributed by atoms with Gasteiger partial charge < -0.3 is 10.2 Å². The van der Waals surface area contributed by atoms with Gasteiger partial charge in [-0.2, -0.15) is 0 Å². The van der Waals surface area contributed by atoms with Crippen LogP contribution in [0.25, 0.3) is 0 Å². The van der Waals surface area contributed by atoms with Crippen molar-refractivity contribution in [2.24, 2.45) is 0 Å². The predicted octanol–water partition coefficient (Wildman–Crippen LogP) is 3.90. The standard InChI is InChI=1S/C16H22FN3S/c1-5-18-11(2)16-14(17)7-6-8-15(16)20(4)9-13-10-21-12(3)19-13/h6-8,10-11,18H,5,9H2,1-4H3. The van der Waals surface area contributed by atoms with Crippen LogP contribution in [0.5, 0.6) is 0 Å². The summed E-state index contributed by atoms with van der Waals surface area (Å²) in [5, 5.41) is 6.39. The molecule has 21 heavy (non-hydrogen) atoms. The molecule has 1 unspecified atom stereocenters. The van der Waals surface area contributed by atoms with Crippen LogP contribution in [-0.2, 0) is 6.54 Å². The van der Waals surface area contributed by atoms with Crippen LogP contribution in [-0.4, -0.2) is 18.6 Å². The van der Waals surface area contributed by atoms with Crippen LogP contribution in [0, 0.1) is 12.7 Å². The molecule has 0 saturated carbocycles. The zero-order chi connectivity index (χ0) is 15.4. The topological polar surface area (TPSA) is 28.2 Å². The summed E-state index contributed by atoms with van der Waals surface area (Å²) < 4.78 is 14.2. The molecule has 0 aliphatic carbocycles. The fraction of sp³-hybridized carbons (Fsp3) is 0.438. The highest BCUT2D eigenvalue weighted by atomic mass is 32.1. The molecule has 0 bridgehead atoms. The fourth-order valence-electron chi connectivity index (χ4n) is 2.50. The van der Waals surface area contributed by atoms with Crippen molar-refractivity contribution in [2.45, 2.75) is 33.4 Å². The van der Waals surface area contributed by atoms with E-state index >= 15 is 0 Å². The number of benzene rings is 1. The lowest BCUT2D eigenvalue weighted by Gasteiger charge is -2.25. The minimum Gasteiger partial charge on any atom is -0.368 e.